The SMILES string of the molecule is COc1ccc(NC(=O)CSc2ccc([N+](=O)[O-])cc2)cc1OC(F)F. The van der Waals surface area contributed by atoms with Gasteiger partial charge in [0, 0.05) is 28.8 Å². The fourth-order valence-electron chi connectivity index (χ4n) is 1.95. The summed E-state index contributed by atoms with van der Waals surface area (Å²) in [7, 11) is 1.31. The Balaban J connectivity index is 1.95. The van der Waals surface area contributed by atoms with Crippen LogP contribution >= 0.6 is 11.8 Å². The Morgan fingerprint density at radius 1 is 1.23 bits per heavy atom. The number of non-ortho nitro benzene ring substituents is 1. The Morgan fingerprint density at radius 2 is 1.92 bits per heavy atom. The largest absolute Gasteiger partial charge is 0.493 e. The topological polar surface area (TPSA) is 90.7 Å². The molecule has 0 bridgehead atoms. The second-order valence-electron chi connectivity index (χ2n) is 4.83. The third-order valence-corrected chi connectivity index (χ3v) is 4.09. The zero-order valence-electron chi connectivity index (χ0n) is 13.5. The minimum atomic E-state index is -3.02. The van der Waals surface area contributed by atoms with Crippen LogP contribution in [0.2, 0.25) is 0 Å². The number of ether oxygens (including phenoxy) is 2. The van der Waals surface area contributed by atoms with E-state index in [4.69, 9.17) is 4.74 Å². The summed E-state index contributed by atoms with van der Waals surface area (Å²) in [6.45, 7) is -3.02. The molecule has 0 radical (unpaired) electrons. The molecule has 138 valence electrons. The standard InChI is InChI=1S/C16H14F2N2O5S/c1-24-13-7-2-10(8-14(13)25-16(17)18)19-15(21)9-26-12-5-3-11(4-6-12)20(22)23/h2-8,16H,9H2,1H3,(H,19,21). The number of carbonyl (C=O) groups is 1. The van der Waals surface area contributed by atoms with Crippen molar-refractivity contribution >= 4 is 29.0 Å². The Bertz CT molecular complexity index is 787. The first kappa shape index (κ1) is 19.4. The number of nitro benzene ring substituents is 1. The van der Waals surface area contributed by atoms with Crippen LogP contribution in [0.3, 0.4) is 0 Å². The van der Waals surface area contributed by atoms with Gasteiger partial charge in [0.1, 0.15) is 0 Å². The summed E-state index contributed by atoms with van der Waals surface area (Å²) in [5, 5.41) is 13.1. The first-order chi connectivity index (χ1) is 12.4. The van der Waals surface area contributed by atoms with E-state index >= 15 is 0 Å². The van der Waals surface area contributed by atoms with Crippen molar-refractivity contribution in [1.29, 1.82) is 0 Å². The van der Waals surface area contributed by atoms with Crippen molar-refractivity contribution in [2.45, 2.75) is 11.5 Å². The van der Waals surface area contributed by atoms with Crippen LogP contribution in [-0.2, 0) is 4.79 Å². The smallest absolute Gasteiger partial charge is 0.387 e. The number of hydrogen-bond acceptors (Lipinski definition) is 6. The molecule has 2 aromatic carbocycles. The third-order valence-electron chi connectivity index (χ3n) is 3.08. The van der Waals surface area contributed by atoms with Crippen LogP contribution in [-0.4, -0.2) is 30.3 Å². The maximum absolute atomic E-state index is 12.4. The van der Waals surface area contributed by atoms with E-state index in [0.29, 0.717) is 4.90 Å². The monoisotopic (exact) mass is 384 g/mol. The highest BCUT2D eigenvalue weighted by Gasteiger charge is 2.13. The van der Waals surface area contributed by atoms with Crippen molar-refractivity contribution in [3.8, 4) is 11.5 Å². The predicted molar refractivity (Wildman–Crippen MR) is 92.1 cm³/mol. The molecule has 2 aromatic rings. The van der Waals surface area contributed by atoms with Gasteiger partial charge in [0.05, 0.1) is 17.8 Å². The number of benzene rings is 2. The van der Waals surface area contributed by atoms with E-state index in [-0.39, 0.29) is 34.5 Å². The molecule has 1 N–H and O–H groups in total. The summed E-state index contributed by atoms with van der Waals surface area (Å²) in [6, 6.07) is 9.90. The molecule has 0 aliphatic rings. The van der Waals surface area contributed by atoms with E-state index in [1.807, 2.05) is 0 Å². The van der Waals surface area contributed by atoms with E-state index in [9.17, 15) is 23.7 Å². The van der Waals surface area contributed by atoms with Gasteiger partial charge in [-0.05, 0) is 24.3 Å². The fourth-order valence-corrected chi connectivity index (χ4v) is 2.65. The quantitative estimate of drug-likeness (QED) is 0.421. The summed E-state index contributed by atoms with van der Waals surface area (Å²) >= 11 is 1.18. The van der Waals surface area contributed by atoms with Gasteiger partial charge in [-0.25, -0.2) is 0 Å². The zero-order valence-corrected chi connectivity index (χ0v) is 14.3. The second kappa shape index (κ2) is 8.99. The van der Waals surface area contributed by atoms with E-state index in [0.717, 1.165) is 0 Å². The lowest BCUT2D eigenvalue weighted by Crippen LogP contribution is -2.14. The maximum atomic E-state index is 12.4. The van der Waals surface area contributed by atoms with Crippen molar-refractivity contribution in [2.24, 2.45) is 0 Å². The third kappa shape index (κ3) is 5.59. The van der Waals surface area contributed by atoms with Gasteiger partial charge in [-0.1, -0.05) is 0 Å². The fraction of sp³-hybridized carbons (Fsp3) is 0.188. The highest BCUT2D eigenvalue weighted by atomic mass is 32.2. The predicted octanol–water partition coefficient (Wildman–Crippen LogP) is 3.94. The maximum Gasteiger partial charge on any atom is 0.387 e. The Morgan fingerprint density at radius 3 is 2.50 bits per heavy atom. The van der Waals surface area contributed by atoms with E-state index < -0.39 is 11.5 Å². The first-order valence-electron chi connectivity index (χ1n) is 7.19. The molecule has 0 fully saturated rings. The Hall–Kier alpha value is -2.88. The lowest BCUT2D eigenvalue weighted by molar-refractivity contribution is -0.384. The first-order valence-corrected chi connectivity index (χ1v) is 8.17. The Kier molecular flexibility index (Phi) is 6.73. The molecule has 0 atom stereocenters. The molecule has 0 aromatic heterocycles. The number of nitrogens with one attached hydrogen (secondary N) is 1. The van der Waals surface area contributed by atoms with E-state index in [2.05, 4.69) is 10.1 Å². The number of thioether (sulfide) groups is 1. The average Bonchev–Trinajstić information content (AvgIpc) is 2.60. The molecule has 0 aliphatic carbocycles. The van der Waals surface area contributed by atoms with Crippen molar-refractivity contribution in [2.75, 3.05) is 18.2 Å². The van der Waals surface area contributed by atoms with E-state index in [1.165, 1.54) is 61.3 Å². The van der Waals surface area contributed by atoms with Crippen molar-refractivity contribution in [3.05, 3.63) is 52.6 Å². The number of alkyl halides is 2. The average molecular weight is 384 g/mol. The molecule has 0 unspecified atom stereocenters. The summed E-state index contributed by atoms with van der Waals surface area (Å²) in [6.07, 6.45) is 0. The van der Waals surface area contributed by atoms with Gasteiger partial charge in [-0.15, -0.1) is 11.8 Å². The molecule has 0 saturated carbocycles. The van der Waals surface area contributed by atoms with Gasteiger partial charge in [-0.3, -0.25) is 14.9 Å². The van der Waals surface area contributed by atoms with Gasteiger partial charge in [0.2, 0.25) is 5.91 Å². The van der Waals surface area contributed by atoms with Gasteiger partial charge in [0.15, 0.2) is 11.5 Å². The van der Waals surface area contributed by atoms with Gasteiger partial charge in [0.25, 0.3) is 5.69 Å². The minimum absolute atomic E-state index is 0.0366. The number of amides is 1. The molecule has 1 amide bonds. The molecule has 10 heteroatoms. The van der Waals surface area contributed by atoms with Gasteiger partial charge < -0.3 is 14.8 Å². The number of rotatable bonds is 8. The molecule has 0 saturated heterocycles. The molecule has 2 rings (SSSR count). The molecule has 7 nitrogen and oxygen atoms in total. The van der Waals surface area contributed by atoms with Crippen molar-refractivity contribution < 1.29 is 28.0 Å². The highest BCUT2D eigenvalue weighted by Crippen LogP contribution is 2.31. The molecular weight excluding hydrogens is 370 g/mol. The van der Waals surface area contributed by atoms with Gasteiger partial charge in [-0.2, -0.15) is 8.78 Å². The van der Waals surface area contributed by atoms with Crippen LogP contribution in [0.25, 0.3) is 0 Å². The van der Waals surface area contributed by atoms with E-state index in [1.54, 1.807) is 0 Å². The molecule has 0 heterocycles. The van der Waals surface area contributed by atoms with Crippen LogP contribution in [0, 0.1) is 10.1 Å². The molecular formula is C16H14F2N2O5S. The second-order valence-corrected chi connectivity index (χ2v) is 5.88. The van der Waals surface area contributed by atoms with Crippen LogP contribution in [0.4, 0.5) is 20.2 Å². The van der Waals surface area contributed by atoms with Crippen LogP contribution in [0.15, 0.2) is 47.4 Å². The normalized spacial score (nSPS) is 10.5. The summed E-state index contributed by atoms with van der Waals surface area (Å²) in [5.74, 6) is -0.414. The van der Waals surface area contributed by atoms with Crippen LogP contribution < -0.4 is 14.8 Å². The summed E-state index contributed by atoms with van der Waals surface area (Å²) < 4.78 is 34.1. The number of nitro groups is 1. The number of halogens is 2. The number of carbonyl (C=O) groups excluding carboxylic acids is 1. The lowest BCUT2D eigenvalue weighted by atomic mass is 10.2. The number of methoxy groups -OCH3 is 1. The molecule has 0 spiro atoms. The zero-order chi connectivity index (χ0) is 19.1. The lowest BCUT2D eigenvalue weighted by Gasteiger charge is -2.12. The minimum Gasteiger partial charge on any atom is -0.493 e. The summed E-state index contributed by atoms with van der Waals surface area (Å²) in [5.41, 5.74) is 0.236. The Labute approximate surface area is 151 Å². The van der Waals surface area contributed by atoms with Crippen molar-refractivity contribution in [3.63, 3.8) is 0 Å². The summed E-state index contributed by atoms with van der Waals surface area (Å²) in [4.78, 5) is 22.8. The number of anilines is 1. The van der Waals surface area contributed by atoms with Crippen molar-refractivity contribution in [1.82, 2.24) is 0 Å². The molecule has 26 heavy (non-hydrogen) atoms. The number of nitrogens with zero attached hydrogens (tertiary/aromatic N) is 1. The molecule has 0 aliphatic heterocycles. The van der Waals surface area contributed by atoms with Crippen LogP contribution in [0.1, 0.15) is 0 Å². The van der Waals surface area contributed by atoms with Gasteiger partial charge >= 0.3 is 6.61 Å². The number of hydrogen-bond donors (Lipinski definition) is 1. The van der Waals surface area contributed by atoms with Crippen LogP contribution in [0.5, 0.6) is 11.5 Å². The highest BCUT2D eigenvalue weighted by molar-refractivity contribution is 8.00.